The van der Waals surface area contributed by atoms with E-state index in [0.717, 1.165) is 20.4 Å². The van der Waals surface area contributed by atoms with Crippen molar-refractivity contribution in [2.45, 2.75) is 20.4 Å². The summed E-state index contributed by atoms with van der Waals surface area (Å²) in [6.07, 6.45) is 1.38. The van der Waals surface area contributed by atoms with Crippen LogP contribution in [0.1, 0.15) is 20.1 Å². The number of nitro groups is 1. The minimum Gasteiger partial charge on any atom is -0.302 e. The fourth-order valence-corrected chi connectivity index (χ4v) is 2.88. The second-order valence-corrected chi connectivity index (χ2v) is 5.79. The molecule has 0 atom stereocenters. The number of nitrogens with zero attached hydrogens (tertiary/aromatic N) is 2. The van der Waals surface area contributed by atoms with Gasteiger partial charge in [0.25, 0.3) is 0 Å². The summed E-state index contributed by atoms with van der Waals surface area (Å²) < 4.78 is 1.06. The molecule has 7 heteroatoms. The first kappa shape index (κ1) is 14.1. The van der Waals surface area contributed by atoms with Gasteiger partial charge in [-0.3, -0.25) is 19.7 Å². The van der Waals surface area contributed by atoms with Crippen molar-refractivity contribution >= 4 is 22.8 Å². The predicted molar refractivity (Wildman–Crippen MR) is 75.5 cm³/mol. The summed E-state index contributed by atoms with van der Waals surface area (Å²) in [4.78, 5) is 35.8. The largest absolute Gasteiger partial charge is 0.334 e. The van der Waals surface area contributed by atoms with Crippen molar-refractivity contribution in [2.24, 2.45) is 0 Å². The fraction of sp³-hybridized carbons (Fsp3) is 0.231. The molecule has 2 aromatic rings. The van der Waals surface area contributed by atoms with Crippen molar-refractivity contribution in [2.75, 3.05) is 0 Å². The zero-order chi connectivity index (χ0) is 14.9. The normalized spacial score (nSPS) is 10.5. The van der Waals surface area contributed by atoms with Crippen LogP contribution in [0.15, 0.2) is 29.2 Å². The van der Waals surface area contributed by atoms with Gasteiger partial charge in [0, 0.05) is 27.6 Å². The lowest BCUT2D eigenvalue weighted by atomic mass is 10.1. The molecule has 0 N–H and O–H groups in total. The Bertz CT molecular complexity index is 745. The van der Waals surface area contributed by atoms with E-state index in [1.807, 2.05) is 13.8 Å². The molecular weight excluding hydrogens is 280 g/mol. The van der Waals surface area contributed by atoms with Crippen molar-refractivity contribution in [3.05, 3.63) is 60.2 Å². The lowest BCUT2D eigenvalue weighted by Gasteiger charge is -2.04. The molecule has 0 fully saturated rings. The van der Waals surface area contributed by atoms with E-state index in [-0.39, 0.29) is 12.3 Å². The maximum atomic E-state index is 12.2. The van der Waals surface area contributed by atoms with E-state index in [9.17, 15) is 19.7 Å². The number of Topliss-reactive ketones (excluding diaryl/α,β-unsaturated/α-hetero) is 1. The fourth-order valence-electron chi connectivity index (χ4n) is 1.94. The standard InChI is InChI=1S/C13H12N2O4S/c1-8-6-10(9(2)20-8)12(16)7-14-5-3-4-11(13(14)17)15(18)19/h3-6H,7H2,1-2H3. The number of carbonyl (C=O) groups excluding carboxylic acids is 1. The van der Waals surface area contributed by atoms with Gasteiger partial charge in [0.05, 0.1) is 11.5 Å². The molecule has 0 aromatic carbocycles. The summed E-state index contributed by atoms with van der Waals surface area (Å²) in [7, 11) is 0. The van der Waals surface area contributed by atoms with Gasteiger partial charge in [-0.05, 0) is 26.0 Å². The Morgan fingerprint density at radius 3 is 2.70 bits per heavy atom. The zero-order valence-electron chi connectivity index (χ0n) is 11.0. The monoisotopic (exact) mass is 292 g/mol. The smallest absolute Gasteiger partial charge is 0.302 e. The van der Waals surface area contributed by atoms with Crippen LogP contribution in [-0.4, -0.2) is 15.3 Å². The van der Waals surface area contributed by atoms with Gasteiger partial charge in [-0.25, -0.2) is 0 Å². The van der Waals surface area contributed by atoms with Gasteiger partial charge < -0.3 is 4.57 Å². The number of pyridine rings is 1. The molecule has 0 saturated heterocycles. The molecule has 0 aliphatic rings. The zero-order valence-corrected chi connectivity index (χ0v) is 11.8. The number of hydrogen-bond acceptors (Lipinski definition) is 5. The van der Waals surface area contributed by atoms with Crippen LogP contribution >= 0.6 is 11.3 Å². The summed E-state index contributed by atoms with van der Waals surface area (Å²) in [6, 6.07) is 4.28. The van der Waals surface area contributed by atoms with E-state index in [1.54, 1.807) is 6.07 Å². The first-order valence-corrected chi connectivity index (χ1v) is 6.66. The molecule has 0 spiro atoms. The Morgan fingerprint density at radius 1 is 1.45 bits per heavy atom. The molecule has 0 aliphatic heterocycles. The highest BCUT2D eigenvalue weighted by molar-refractivity contribution is 7.12. The Morgan fingerprint density at radius 2 is 2.15 bits per heavy atom. The average molecular weight is 292 g/mol. The molecule has 104 valence electrons. The number of hydrogen-bond donors (Lipinski definition) is 0. The van der Waals surface area contributed by atoms with Crippen LogP contribution in [-0.2, 0) is 6.54 Å². The number of ketones is 1. The molecular formula is C13H12N2O4S. The van der Waals surface area contributed by atoms with Crippen LogP contribution in [0, 0.1) is 24.0 Å². The summed E-state index contributed by atoms with van der Waals surface area (Å²) in [6.45, 7) is 3.53. The van der Waals surface area contributed by atoms with Crippen molar-refractivity contribution in [3.8, 4) is 0 Å². The third kappa shape index (κ3) is 2.67. The third-order valence-electron chi connectivity index (χ3n) is 2.85. The van der Waals surface area contributed by atoms with Gasteiger partial charge in [-0.15, -0.1) is 11.3 Å². The summed E-state index contributed by atoms with van der Waals surface area (Å²) in [5.41, 5.74) is -0.736. The number of rotatable bonds is 4. The second kappa shape index (κ2) is 5.38. The molecule has 0 bridgehead atoms. The molecule has 0 aliphatic carbocycles. The second-order valence-electron chi connectivity index (χ2n) is 4.33. The van der Waals surface area contributed by atoms with Crippen molar-refractivity contribution in [3.63, 3.8) is 0 Å². The van der Waals surface area contributed by atoms with E-state index >= 15 is 0 Å². The quantitative estimate of drug-likeness (QED) is 0.492. The van der Waals surface area contributed by atoms with E-state index < -0.39 is 16.2 Å². The van der Waals surface area contributed by atoms with Crippen molar-refractivity contribution < 1.29 is 9.72 Å². The van der Waals surface area contributed by atoms with Gasteiger partial charge in [-0.2, -0.15) is 0 Å². The van der Waals surface area contributed by atoms with Crippen LogP contribution in [0.4, 0.5) is 5.69 Å². The van der Waals surface area contributed by atoms with Crippen LogP contribution < -0.4 is 5.56 Å². The maximum Gasteiger partial charge on any atom is 0.334 e. The topological polar surface area (TPSA) is 82.2 Å². The van der Waals surface area contributed by atoms with Crippen LogP contribution in [0.25, 0.3) is 0 Å². The van der Waals surface area contributed by atoms with Crippen LogP contribution in [0.2, 0.25) is 0 Å². The minimum absolute atomic E-state index is 0.197. The maximum absolute atomic E-state index is 12.2. The third-order valence-corrected chi connectivity index (χ3v) is 3.82. The van der Waals surface area contributed by atoms with Crippen LogP contribution in [0.5, 0.6) is 0 Å². The van der Waals surface area contributed by atoms with Gasteiger partial charge >= 0.3 is 11.2 Å². The molecule has 2 heterocycles. The Hall–Kier alpha value is -2.28. The van der Waals surface area contributed by atoms with E-state index in [0.29, 0.717) is 5.56 Å². The number of aryl methyl sites for hydroxylation is 2. The highest BCUT2D eigenvalue weighted by Gasteiger charge is 2.17. The van der Waals surface area contributed by atoms with Crippen molar-refractivity contribution in [1.29, 1.82) is 0 Å². The first-order valence-electron chi connectivity index (χ1n) is 5.84. The van der Waals surface area contributed by atoms with Gasteiger partial charge in [0.15, 0.2) is 5.78 Å². The van der Waals surface area contributed by atoms with E-state index in [4.69, 9.17) is 0 Å². The lowest BCUT2D eigenvalue weighted by Crippen LogP contribution is -2.25. The Kier molecular flexibility index (Phi) is 3.80. The van der Waals surface area contributed by atoms with E-state index in [2.05, 4.69) is 0 Å². The predicted octanol–water partition coefficient (Wildman–Crippen LogP) is 2.32. The minimum atomic E-state index is -0.768. The molecule has 0 saturated carbocycles. The molecule has 2 rings (SSSR count). The highest BCUT2D eigenvalue weighted by atomic mass is 32.1. The van der Waals surface area contributed by atoms with Gasteiger partial charge in [0.1, 0.15) is 0 Å². The SMILES string of the molecule is Cc1cc(C(=O)Cn2cccc([N+](=O)[O-])c2=O)c(C)s1. The molecule has 2 aromatic heterocycles. The number of carbonyl (C=O) groups is 1. The summed E-state index contributed by atoms with van der Waals surface area (Å²) in [5.74, 6) is -0.227. The summed E-state index contributed by atoms with van der Waals surface area (Å²) >= 11 is 1.50. The van der Waals surface area contributed by atoms with Gasteiger partial charge in [0.2, 0.25) is 0 Å². The Balaban J connectivity index is 2.34. The molecule has 0 amide bonds. The summed E-state index contributed by atoms with van der Waals surface area (Å²) in [5, 5.41) is 10.7. The van der Waals surface area contributed by atoms with E-state index in [1.165, 1.54) is 23.6 Å². The molecule has 0 unspecified atom stereocenters. The highest BCUT2D eigenvalue weighted by Crippen LogP contribution is 2.21. The number of aromatic nitrogens is 1. The number of thiophene rings is 1. The Labute approximate surface area is 118 Å². The molecule has 20 heavy (non-hydrogen) atoms. The first-order chi connectivity index (χ1) is 9.40. The molecule has 0 radical (unpaired) electrons. The van der Waals surface area contributed by atoms with Gasteiger partial charge in [-0.1, -0.05) is 0 Å². The average Bonchev–Trinajstić information content (AvgIpc) is 2.70. The lowest BCUT2D eigenvalue weighted by molar-refractivity contribution is -0.386. The van der Waals surface area contributed by atoms with Crippen LogP contribution in [0.3, 0.4) is 0 Å². The van der Waals surface area contributed by atoms with Crippen molar-refractivity contribution in [1.82, 2.24) is 4.57 Å². The molecule has 6 nitrogen and oxygen atoms in total.